The Hall–Kier alpha value is -2.19. The first-order valence-electron chi connectivity index (χ1n) is 8.47. The number of rotatable bonds is 7. The van der Waals surface area contributed by atoms with Crippen molar-refractivity contribution in [2.45, 2.75) is 51.1 Å². The lowest BCUT2D eigenvalue weighted by Gasteiger charge is -2.20. The highest BCUT2D eigenvalue weighted by Crippen LogP contribution is 2.17. The summed E-state index contributed by atoms with van der Waals surface area (Å²) in [6.45, 7) is 8.34. The van der Waals surface area contributed by atoms with Gasteiger partial charge in [-0.05, 0) is 51.8 Å². The van der Waals surface area contributed by atoms with Crippen LogP contribution in [0.4, 0.5) is 0 Å². The molecule has 0 aliphatic heterocycles. The van der Waals surface area contributed by atoms with Crippen LogP contribution in [-0.2, 0) is 16.6 Å². The zero-order valence-corrected chi connectivity index (χ0v) is 16.4. The number of nitrogens with zero attached hydrogens (tertiary/aromatic N) is 2. The molecule has 1 amide bonds. The van der Waals surface area contributed by atoms with Crippen molar-refractivity contribution in [1.82, 2.24) is 19.6 Å². The molecule has 1 aromatic carbocycles. The van der Waals surface area contributed by atoms with Crippen LogP contribution in [-0.4, -0.2) is 36.0 Å². The summed E-state index contributed by atoms with van der Waals surface area (Å²) in [7, 11) is -3.69. The number of hydrogen-bond donors (Lipinski definition) is 2. The molecule has 142 valence electrons. The number of imidazole rings is 1. The van der Waals surface area contributed by atoms with E-state index in [4.69, 9.17) is 0 Å². The molecule has 2 rings (SSSR count). The van der Waals surface area contributed by atoms with Gasteiger partial charge in [-0.25, -0.2) is 18.1 Å². The summed E-state index contributed by atoms with van der Waals surface area (Å²) >= 11 is 0. The number of nitrogens with one attached hydrogen (secondary N) is 2. The van der Waals surface area contributed by atoms with Crippen LogP contribution in [0.1, 0.15) is 43.1 Å². The zero-order chi connectivity index (χ0) is 19.4. The summed E-state index contributed by atoms with van der Waals surface area (Å²) < 4.78 is 29.5. The van der Waals surface area contributed by atoms with Crippen LogP contribution in [0.2, 0.25) is 0 Å². The molecule has 0 spiro atoms. The molecule has 0 unspecified atom stereocenters. The van der Waals surface area contributed by atoms with E-state index in [1.807, 2.05) is 10.8 Å². The average molecular weight is 378 g/mol. The van der Waals surface area contributed by atoms with Gasteiger partial charge in [0.25, 0.3) is 5.91 Å². The minimum absolute atomic E-state index is 0.0848. The number of aromatic nitrogens is 2. The van der Waals surface area contributed by atoms with Gasteiger partial charge in [-0.1, -0.05) is 6.07 Å². The van der Waals surface area contributed by atoms with E-state index in [1.165, 1.54) is 12.1 Å². The molecule has 2 aromatic rings. The molecule has 0 fully saturated rings. The lowest BCUT2D eigenvalue weighted by molar-refractivity contribution is 0.0952. The third kappa shape index (κ3) is 5.67. The SMILES string of the molecule is Cc1ccc(S(=O)(=O)NC(C)(C)C)cc1C(=O)NCCCn1ccnc1. The molecule has 7 nitrogen and oxygen atoms in total. The summed E-state index contributed by atoms with van der Waals surface area (Å²) in [6.07, 6.45) is 6.05. The van der Waals surface area contributed by atoms with Crippen LogP contribution >= 0.6 is 0 Å². The van der Waals surface area contributed by atoms with Crippen LogP contribution in [0.3, 0.4) is 0 Å². The minimum Gasteiger partial charge on any atom is -0.352 e. The molecule has 0 saturated carbocycles. The van der Waals surface area contributed by atoms with Crippen molar-refractivity contribution in [3.8, 4) is 0 Å². The van der Waals surface area contributed by atoms with E-state index in [1.54, 1.807) is 46.3 Å². The molecule has 0 bridgehead atoms. The van der Waals surface area contributed by atoms with Crippen LogP contribution in [0, 0.1) is 6.92 Å². The highest BCUT2D eigenvalue weighted by molar-refractivity contribution is 7.89. The first-order valence-corrected chi connectivity index (χ1v) is 9.95. The minimum atomic E-state index is -3.69. The molecule has 0 aliphatic rings. The molecule has 1 heterocycles. The van der Waals surface area contributed by atoms with Gasteiger partial charge in [0.1, 0.15) is 0 Å². The normalized spacial score (nSPS) is 12.2. The standard InChI is InChI=1S/C18H26N4O3S/c1-14-6-7-15(26(24,25)21-18(2,3)4)12-16(14)17(23)20-8-5-10-22-11-9-19-13-22/h6-7,9,11-13,21H,5,8,10H2,1-4H3,(H,20,23). The summed E-state index contributed by atoms with van der Waals surface area (Å²) in [4.78, 5) is 16.5. The maximum absolute atomic E-state index is 12.5. The number of sulfonamides is 1. The van der Waals surface area contributed by atoms with Crippen LogP contribution in [0.15, 0.2) is 41.8 Å². The zero-order valence-electron chi connectivity index (χ0n) is 15.6. The summed E-state index contributed by atoms with van der Waals surface area (Å²) in [6, 6.07) is 4.59. The fourth-order valence-corrected chi connectivity index (χ4v) is 3.90. The molecule has 26 heavy (non-hydrogen) atoms. The molecular formula is C18H26N4O3S. The highest BCUT2D eigenvalue weighted by atomic mass is 32.2. The van der Waals surface area contributed by atoms with Gasteiger partial charge in [-0.15, -0.1) is 0 Å². The maximum Gasteiger partial charge on any atom is 0.251 e. The van der Waals surface area contributed by atoms with E-state index >= 15 is 0 Å². The predicted octanol–water partition coefficient (Wildman–Crippen LogP) is 2.09. The number of carbonyl (C=O) groups is 1. The predicted molar refractivity (Wildman–Crippen MR) is 100 cm³/mol. The van der Waals surface area contributed by atoms with Gasteiger partial charge in [-0.2, -0.15) is 0 Å². The van der Waals surface area contributed by atoms with E-state index < -0.39 is 15.6 Å². The fraction of sp³-hybridized carbons (Fsp3) is 0.444. The summed E-state index contributed by atoms with van der Waals surface area (Å²) in [5.41, 5.74) is 0.496. The maximum atomic E-state index is 12.5. The van der Waals surface area contributed by atoms with Crippen LogP contribution < -0.4 is 10.0 Å². The molecule has 1 aromatic heterocycles. The summed E-state index contributed by atoms with van der Waals surface area (Å²) in [5, 5.41) is 2.84. The second kappa shape index (κ2) is 8.01. The third-order valence-electron chi connectivity index (χ3n) is 3.64. The van der Waals surface area contributed by atoms with Gasteiger partial charge in [0.15, 0.2) is 0 Å². The smallest absolute Gasteiger partial charge is 0.251 e. The number of carbonyl (C=O) groups excluding carboxylic acids is 1. The van der Waals surface area contributed by atoms with Crippen molar-refractivity contribution in [3.63, 3.8) is 0 Å². The monoisotopic (exact) mass is 378 g/mol. The van der Waals surface area contributed by atoms with Gasteiger partial charge < -0.3 is 9.88 Å². The Bertz CT molecular complexity index is 853. The van der Waals surface area contributed by atoms with Gasteiger partial charge >= 0.3 is 0 Å². The molecule has 0 aliphatic carbocycles. The van der Waals surface area contributed by atoms with Gasteiger partial charge in [0.2, 0.25) is 10.0 Å². The number of amides is 1. The quantitative estimate of drug-likeness (QED) is 0.722. The number of hydrogen-bond acceptors (Lipinski definition) is 4. The number of aryl methyl sites for hydroxylation is 2. The van der Waals surface area contributed by atoms with Gasteiger partial charge in [0.05, 0.1) is 11.2 Å². The lowest BCUT2D eigenvalue weighted by atomic mass is 10.1. The second-order valence-electron chi connectivity index (χ2n) is 7.24. The second-order valence-corrected chi connectivity index (χ2v) is 8.92. The van der Waals surface area contributed by atoms with E-state index in [0.717, 1.165) is 18.5 Å². The van der Waals surface area contributed by atoms with Crippen molar-refractivity contribution in [2.24, 2.45) is 0 Å². The van der Waals surface area contributed by atoms with Crippen molar-refractivity contribution in [1.29, 1.82) is 0 Å². The Balaban J connectivity index is 2.05. The average Bonchev–Trinajstić information content (AvgIpc) is 3.02. The molecule has 0 atom stereocenters. The molecule has 8 heteroatoms. The van der Waals surface area contributed by atoms with Crippen molar-refractivity contribution in [2.75, 3.05) is 6.54 Å². The largest absolute Gasteiger partial charge is 0.352 e. The Morgan fingerprint density at radius 1 is 1.27 bits per heavy atom. The fourth-order valence-electron chi connectivity index (χ4n) is 2.45. The Labute approximate surface area is 154 Å². The Morgan fingerprint density at radius 2 is 2.00 bits per heavy atom. The molecule has 0 saturated heterocycles. The topological polar surface area (TPSA) is 93.1 Å². The first kappa shape index (κ1) is 20.1. The first-order chi connectivity index (χ1) is 12.1. The van der Waals surface area contributed by atoms with Crippen LogP contribution in [0.5, 0.6) is 0 Å². The van der Waals surface area contributed by atoms with Crippen molar-refractivity contribution < 1.29 is 13.2 Å². The Morgan fingerprint density at radius 3 is 2.62 bits per heavy atom. The Kier molecular flexibility index (Phi) is 6.20. The van der Waals surface area contributed by atoms with E-state index in [9.17, 15) is 13.2 Å². The van der Waals surface area contributed by atoms with Gasteiger partial charge in [0, 0.05) is 36.6 Å². The van der Waals surface area contributed by atoms with Crippen molar-refractivity contribution in [3.05, 3.63) is 48.0 Å². The third-order valence-corrected chi connectivity index (χ3v) is 5.40. The highest BCUT2D eigenvalue weighted by Gasteiger charge is 2.23. The lowest BCUT2D eigenvalue weighted by Crippen LogP contribution is -2.40. The van der Waals surface area contributed by atoms with Crippen LogP contribution in [0.25, 0.3) is 0 Å². The van der Waals surface area contributed by atoms with Gasteiger partial charge in [-0.3, -0.25) is 4.79 Å². The van der Waals surface area contributed by atoms with E-state index in [-0.39, 0.29) is 10.8 Å². The van der Waals surface area contributed by atoms with E-state index in [0.29, 0.717) is 12.1 Å². The van der Waals surface area contributed by atoms with Crippen molar-refractivity contribution >= 4 is 15.9 Å². The summed E-state index contributed by atoms with van der Waals surface area (Å²) in [5.74, 6) is -0.277. The molecule has 2 N–H and O–H groups in total. The molecule has 0 radical (unpaired) electrons. The van der Waals surface area contributed by atoms with E-state index in [2.05, 4.69) is 15.0 Å². The molecular weight excluding hydrogens is 352 g/mol. The number of benzene rings is 1.